The van der Waals surface area contributed by atoms with Crippen molar-refractivity contribution in [2.75, 3.05) is 18.1 Å². The first-order chi connectivity index (χ1) is 16.6. The minimum atomic E-state index is 0.0544. The molecule has 5 nitrogen and oxygen atoms in total. The highest BCUT2D eigenvalue weighted by atomic mass is 35.5. The molecule has 0 saturated carbocycles. The molecule has 0 radical (unpaired) electrons. The second kappa shape index (κ2) is 9.90. The Morgan fingerprint density at radius 1 is 1.00 bits per heavy atom. The summed E-state index contributed by atoms with van der Waals surface area (Å²) in [7, 11) is 0. The second-order valence-corrected chi connectivity index (χ2v) is 9.25. The molecule has 1 amide bonds. The maximum Gasteiger partial charge on any atom is 0.227 e. The first kappa shape index (κ1) is 22.5. The summed E-state index contributed by atoms with van der Waals surface area (Å²) >= 11 is 6.03. The van der Waals surface area contributed by atoms with Crippen molar-refractivity contribution >= 4 is 34.2 Å². The Kier molecular flexibility index (Phi) is 6.54. The average molecular weight is 474 g/mol. The van der Waals surface area contributed by atoms with E-state index in [2.05, 4.69) is 23.6 Å². The Morgan fingerprint density at radius 2 is 1.76 bits per heavy atom. The van der Waals surface area contributed by atoms with Gasteiger partial charge in [-0.3, -0.25) is 4.79 Å². The van der Waals surface area contributed by atoms with Crippen molar-refractivity contribution in [3.8, 4) is 5.75 Å². The number of unbranched alkanes of at least 4 members (excludes halogenated alkanes) is 1. The quantitative estimate of drug-likeness (QED) is 0.279. The minimum Gasteiger partial charge on any atom is -0.493 e. The molecular formula is C28H28ClN3O2. The van der Waals surface area contributed by atoms with Crippen molar-refractivity contribution in [2.45, 2.75) is 38.6 Å². The van der Waals surface area contributed by atoms with Crippen molar-refractivity contribution < 1.29 is 9.53 Å². The molecule has 3 aromatic carbocycles. The summed E-state index contributed by atoms with van der Waals surface area (Å²) in [6.45, 7) is 4.22. The normalized spacial score (nSPS) is 15.9. The third-order valence-electron chi connectivity index (χ3n) is 6.44. The third kappa shape index (κ3) is 4.66. The van der Waals surface area contributed by atoms with Crippen LogP contribution in [0.5, 0.6) is 5.75 Å². The Bertz CT molecular complexity index is 1300. The van der Waals surface area contributed by atoms with Crippen molar-refractivity contribution in [1.82, 2.24) is 9.55 Å². The van der Waals surface area contributed by atoms with Crippen LogP contribution in [0, 0.1) is 6.92 Å². The SMILES string of the molecule is Cc1ccccc1OCCCCn1c(C2CC(=O)N(c3ccc(Cl)cc3)C2)nc2ccccc21. The van der Waals surface area contributed by atoms with Crippen LogP contribution >= 0.6 is 11.6 Å². The molecule has 1 unspecified atom stereocenters. The number of imidazole rings is 1. The highest BCUT2D eigenvalue weighted by Crippen LogP contribution is 2.33. The molecule has 1 aromatic heterocycles. The number of ether oxygens (including phenoxy) is 1. The molecule has 6 heteroatoms. The molecule has 0 spiro atoms. The Labute approximate surface area is 204 Å². The number of amides is 1. The van der Waals surface area contributed by atoms with Gasteiger partial charge in [0.2, 0.25) is 5.91 Å². The van der Waals surface area contributed by atoms with Crippen molar-refractivity contribution in [1.29, 1.82) is 0 Å². The van der Waals surface area contributed by atoms with E-state index in [0.29, 0.717) is 24.6 Å². The van der Waals surface area contributed by atoms with Crippen LogP contribution in [0.1, 0.15) is 36.6 Å². The van der Waals surface area contributed by atoms with Crippen LogP contribution in [0.3, 0.4) is 0 Å². The van der Waals surface area contributed by atoms with Crippen molar-refractivity contribution in [3.63, 3.8) is 0 Å². The van der Waals surface area contributed by atoms with E-state index in [0.717, 1.165) is 53.2 Å². The minimum absolute atomic E-state index is 0.0544. The van der Waals surface area contributed by atoms with E-state index < -0.39 is 0 Å². The smallest absolute Gasteiger partial charge is 0.227 e. The predicted molar refractivity (Wildman–Crippen MR) is 137 cm³/mol. The van der Waals surface area contributed by atoms with Crippen molar-refractivity contribution in [2.24, 2.45) is 0 Å². The number of rotatable bonds is 8. The summed E-state index contributed by atoms with van der Waals surface area (Å²) in [4.78, 5) is 19.7. The molecule has 1 atom stereocenters. The fourth-order valence-corrected chi connectivity index (χ4v) is 4.79. The molecule has 0 bridgehead atoms. The van der Waals surface area contributed by atoms with Crippen LogP contribution in [-0.4, -0.2) is 28.6 Å². The second-order valence-electron chi connectivity index (χ2n) is 8.81. The summed E-state index contributed by atoms with van der Waals surface area (Å²) in [5.74, 6) is 2.12. The number of carbonyl (C=O) groups is 1. The lowest BCUT2D eigenvalue weighted by atomic mass is 10.1. The topological polar surface area (TPSA) is 47.4 Å². The Morgan fingerprint density at radius 3 is 2.59 bits per heavy atom. The van der Waals surface area contributed by atoms with E-state index in [4.69, 9.17) is 21.3 Å². The zero-order chi connectivity index (χ0) is 23.5. The van der Waals surface area contributed by atoms with Gasteiger partial charge in [-0.1, -0.05) is 41.9 Å². The number of carbonyl (C=O) groups excluding carboxylic acids is 1. The van der Waals surface area contributed by atoms with E-state index in [1.807, 2.05) is 65.6 Å². The number of nitrogens with zero attached hydrogens (tertiary/aromatic N) is 3. The van der Waals surface area contributed by atoms with Gasteiger partial charge in [0, 0.05) is 36.1 Å². The van der Waals surface area contributed by atoms with Crippen molar-refractivity contribution in [3.05, 3.63) is 89.2 Å². The number of anilines is 1. The van der Waals surface area contributed by atoms with Crippen LogP contribution < -0.4 is 9.64 Å². The van der Waals surface area contributed by atoms with Crippen LogP contribution in [0.15, 0.2) is 72.8 Å². The maximum atomic E-state index is 12.9. The van der Waals surface area contributed by atoms with Gasteiger partial charge in [0.25, 0.3) is 0 Å². The number of halogens is 1. The van der Waals surface area contributed by atoms with Gasteiger partial charge in [0.1, 0.15) is 11.6 Å². The van der Waals surface area contributed by atoms with Crippen LogP contribution in [0.2, 0.25) is 5.02 Å². The van der Waals surface area contributed by atoms with Gasteiger partial charge < -0.3 is 14.2 Å². The highest BCUT2D eigenvalue weighted by Gasteiger charge is 2.34. The summed E-state index contributed by atoms with van der Waals surface area (Å²) in [6.07, 6.45) is 2.38. The molecule has 2 heterocycles. The monoisotopic (exact) mass is 473 g/mol. The van der Waals surface area contributed by atoms with Gasteiger partial charge in [-0.05, 0) is 67.8 Å². The van der Waals surface area contributed by atoms with E-state index >= 15 is 0 Å². The number of aryl methyl sites for hydroxylation is 2. The highest BCUT2D eigenvalue weighted by molar-refractivity contribution is 6.30. The van der Waals surface area contributed by atoms with Gasteiger partial charge in [0.05, 0.1) is 17.6 Å². The average Bonchev–Trinajstić information content (AvgIpc) is 3.41. The number of hydrogen-bond acceptors (Lipinski definition) is 3. The predicted octanol–water partition coefficient (Wildman–Crippen LogP) is 6.38. The van der Waals surface area contributed by atoms with Crippen LogP contribution in [0.4, 0.5) is 5.69 Å². The molecule has 4 aromatic rings. The Balaban J connectivity index is 1.30. The molecule has 1 aliphatic heterocycles. The molecule has 1 aliphatic rings. The lowest BCUT2D eigenvalue weighted by Crippen LogP contribution is -2.24. The molecule has 174 valence electrons. The lowest BCUT2D eigenvalue weighted by Gasteiger charge is -2.17. The molecule has 5 rings (SSSR count). The number of benzene rings is 3. The zero-order valence-corrected chi connectivity index (χ0v) is 20.0. The lowest BCUT2D eigenvalue weighted by molar-refractivity contribution is -0.117. The number of hydrogen-bond donors (Lipinski definition) is 0. The van der Waals surface area contributed by atoms with Crippen LogP contribution in [0.25, 0.3) is 11.0 Å². The van der Waals surface area contributed by atoms with E-state index in [1.165, 1.54) is 0 Å². The number of fused-ring (bicyclic) bond motifs is 1. The van der Waals surface area contributed by atoms with Gasteiger partial charge in [-0.25, -0.2) is 4.98 Å². The number of aromatic nitrogens is 2. The molecule has 0 N–H and O–H groups in total. The fourth-order valence-electron chi connectivity index (χ4n) is 4.66. The van der Waals surface area contributed by atoms with Crippen LogP contribution in [-0.2, 0) is 11.3 Å². The molecule has 1 fully saturated rings. The summed E-state index contributed by atoms with van der Waals surface area (Å²) < 4.78 is 8.27. The summed E-state index contributed by atoms with van der Waals surface area (Å²) in [5, 5.41) is 0.667. The third-order valence-corrected chi connectivity index (χ3v) is 6.69. The molecule has 1 saturated heterocycles. The fraction of sp³-hybridized carbons (Fsp3) is 0.286. The van der Waals surface area contributed by atoms with Gasteiger partial charge in [-0.15, -0.1) is 0 Å². The van der Waals surface area contributed by atoms with E-state index in [1.54, 1.807) is 0 Å². The molecule has 34 heavy (non-hydrogen) atoms. The van der Waals surface area contributed by atoms with Gasteiger partial charge in [-0.2, -0.15) is 0 Å². The Hall–Kier alpha value is -3.31. The standard InChI is InChI=1S/C28H28ClN3O2/c1-20-8-2-5-11-26(20)34-17-7-6-16-31-25-10-4-3-9-24(25)30-28(31)21-18-27(33)32(19-21)23-14-12-22(29)13-15-23/h2-5,8-15,21H,6-7,16-19H2,1H3. The first-order valence-corrected chi connectivity index (χ1v) is 12.2. The molecular weight excluding hydrogens is 446 g/mol. The summed E-state index contributed by atoms with van der Waals surface area (Å²) in [5.41, 5.74) is 4.13. The molecule has 0 aliphatic carbocycles. The van der Waals surface area contributed by atoms with E-state index in [9.17, 15) is 4.79 Å². The zero-order valence-electron chi connectivity index (χ0n) is 19.3. The number of para-hydroxylation sites is 3. The van der Waals surface area contributed by atoms with Gasteiger partial charge >= 0.3 is 0 Å². The maximum absolute atomic E-state index is 12.9. The summed E-state index contributed by atoms with van der Waals surface area (Å²) in [6, 6.07) is 23.8. The van der Waals surface area contributed by atoms with E-state index in [-0.39, 0.29) is 11.8 Å². The first-order valence-electron chi connectivity index (χ1n) is 11.8. The van der Waals surface area contributed by atoms with Gasteiger partial charge in [0.15, 0.2) is 0 Å². The largest absolute Gasteiger partial charge is 0.493 e.